The molecule has 35 heavy (non-hydrogen) atoms. The molecule has 0 unspecified atom stereocenters. The molecule has 10 heteroatoms. The van der Waals surface area contributed by atoms with Crippen LogP contribution in [0.3, 0.4) is 0 Å². The Morgan fingerprint density at radius 1 is 0.686 bits per heavy atom. The fraction of sp³-hybridized carbons (Fsp3) is 0.160. The van der Waals surface area contributed by atoms with Gasteiger partial charge in [0.2, 0.25) is 0 Å². The fourth-order valence-corrected chi connectivity index (χ4v) is 3.03. The van der Waals surface area contributed by atoms with Gasteiger partial charge in [0.05, 0.1) is 5.57 Å². The zero-order valence-corrected chi connectivity index (χ0v) is 19.2. The van der Waals surface area contributed by atoms with Crippen LogP contribution in [-0.4, -0.2) is 29.8 Å². The molecule has 0 spiro atoms. The summed E-state index contributed by atoms with van der Waals surface area (Å²) < 4.78 is 25.6. The fourth-order valence-electron chi connectivity index (χ4n) is 3.03. The Kier molecular flexibility index (Phi) is 7.45. The molecule has 2 aromatic carbocycles. The van der Waals surface area contributed by atoms with Crippen molar-refractivity contribution in [3.63, 3.8) is 0 Å². The third kappa shape index (κ3) is 6.64. The Hall–Kier alpha value is -4.73. The molecule has 0 bridgehead atoms. The number of cyclic esters (lactones) is 1. The molecule has 0 saturated heterocycles. The van der Waals surface area contributed by atoms with Crippen molar-refractivity contribution in [1.82, 2.24) is 0 Å². The van der Waals surface area contributed by atoms with Gasteiger partial charge in [-0.15, -0.1) is 0 Å². The van der Waals surface area contributed by atoms with E-state index in [0.717, 1.165) is 0 Å². The zero-order chi connectivity index (χ0) is 25.7. The maximum absolute atomic E-state index is 12.5. The van der Waals surface area contributed by atoms with Crippen LogP contribution in [0.1, 0.15) is 38.8 Å². The van der Waals surface area contributed by atoms with Gasteiger partial charge in [0.15, 0.2) is 23.0 Å². The maximum Gasteiger partial charge on any atom is 0.343 e. The van der Waals surface area contributed by atoms with E-state index in [4.69, 9.17) is 23.7 Å². The molecule has 0 amide bonds. The molecule has 0 saturated carbocycles. The Morgan fingerprint density at radius 3 is 1.71 bits per heavy atom. The third-order valence-electron chi connectivity index (χ3n) is 4.26. The van der Waals surface area contributed by atoms with Crippen molar-refractivity contribution < 1.29 is 47.7 Å². The summed E-state index contributed by atoms with van der Waals surface area (Å²) in [5.41, 5.74) is 1.03. The number of esters is 5. The first-order valence-electron chi connectivity index (χ1n) is 10.2. The van der Waals surface area contributed by atoms with Crippen LogP contribution in [0.25, 0.3) is 11.8 Å². The minimum Gasteiger partial charge on any atom is -0.423 e. The van der Waals surface area contributed by atoms with Gasteiger partial charge in [-0.05, 0) is 48.0 Å². The molecule has 0 atom stereocenters. The first kappa shape index (κ1) is 24.9. The summed E-state index contributed by atoms with van der Waals surface area (Å²) in [5, 5.41) is 0. The topological polar surface area (TPSA) is 132 Å². The summed E-state index contributed by atoms with van der Waals surface area (Å²) in [5.74, 6) is -2.87. The first-order valence-corrected chi connectivity index (χ1v) is 10.2. The van der Waals surface area contributed by atoms with Crippen LogP contribution in [0.4, 0.5) is 0 Å². The highest BCUT2D eigenvalue weighted by Crippen LogP contribution is 2.35. The van der Waals surface area contributed by atoms with Gasteiger partial charge in [-0.25, -0.2) is 4.79 Å². The average molecular weight is 480 g/mol. The summed E-state index contributed by atoms with van der Waals surface area (Å²) in [4.78, 5) is 57.9. The molecule has 2 aromatic rings. The number of carbonyl (C=O) groups excluding carboxylic acids is 5. The van der Waals surface area contributed by atoms with E-state index in [1.54, 1.807) is 6.07 Å². The number of hydrogen-bond acceptors (Lipinski definition) is 10. The van der Waals surface area contributed by atoms with E-state index in [1.165, 1.54) is 70.2 Å². The van der Waals surface area contributed by atoms with Crippen LogP contribution in [0.5, 0.6) is 23.0 Å². The smallest absolute Gasteiger partial charge is 0.343 e. The Balaban J connectivity index is 1.95. The summed E-state index contributed by atoms with van der Waals surface area (Å²) in [6.07, 6.45) is 2.95. The molecule has 0 radical (unpaired) electrons. The Bertz CT molecular complexity index is 1300. The van der Waals surface area contributed by atoms with E-state index in [2.05, 4.69) is 0 Å². The number of ether oxygens (including phenoxy) is 5. The predicted octanol–water partition coefficient (Wildman–Crippen LogP) is 3.37. The normalized spacial score (nSPS) is 13.5. The van der Waals surface area contributed by atoms with Crippen LogP contribution < -0.4 is 18.9 Å². The van der Waals surface area contributed by atoms with Crippen molar-refractivity contribution in [3.8, 4) is 23.0 Å². The van der Waals surface area contributed by atoms with Crippen molar-refractivity contribution in [2.24, 2.45) is 0 Å². The number of rotatable bonds is 6. The van der Waals surface area contributed by atoms with Crippen molar-refractivity contribution in [2.45, 2.75) is 27.7 Å². The Morgan fingerprint density at radius 2 is 1.17 bits per heavy atom. The monoisotopic (exact) mass is 480 g/mol. The van der Waals surface area contributed by atoms with Crippen LogP contribution in [0.15, 0.2) is 48.0 Å². The van der Waals surface area contributed by atoms with Gasteiger partial charge < -0.3 is 23.7 Å². The highest BCUT2D eigenvalue weighted by molar-refractivity contribution is 6.05. The lowest BCUT2D eigenvalue weighted by Gasteiger charge is -2.10. The van der Waals surface area contributed by atoms with Gasteiger partial charge >= 0.3 is 29.8 Å². The standard InChI is InChI=1S/C25H20O10/c1-13(26)31-20-7-5-17(10-23(20)33-15(3)28)9-19-12-22(35-25(19)30)18-6-8-21(32-14(2)27)24(11-18)34-16(4)29/h5-12H,1-4H3/b19-9+. The molecule has 10 nitrogen and oxygen atoms in total. The molecule has 1 aliphatic rings. The lowest BCUT2D eigenvalue weighted by atomic mass is 10.1. The SMILES string of the molecule is CC(=O)Oc1ccc(/C=C2\C=C(c3ccc(OC(C)=O)c(OC(C)=O)c3)OC2=O)cc1OC(C)=O. The largest absolute Gasteiger partial charge is 0.423 e. The lowest BCUT2D eigenvalue weighted by molar-refractivity contribution is -0.134. The van der Waals surface area contributed by atoms with E-state index in [-0.39, 0.29) is 34.3 Å². The van der Waals surface area contributed by atoms with Crippen LogP contribution in [0, 0.1) is 0 Å². The van der Waals surface area contributed by atoms with Crippen LogP contribution in [0.2, 0.25) is 0 Å². The number of carbonyl (C=O) groups is 5. The second-order valence-corrected chi connectivity index (χ2v) is 7.24. The minimum absolute atomic E-state index is 0.00435. The van der Waals surface area contributed by atoms with Crippen molar-refractivity contribution in [3.05, 3.63) is 59.2 Å². The summed E-state index contributed by atoms with van der Waals surface area (Å²) in [7, 11) is 0. The van der Waals surface area contributed by atoms with Crippen molar-refractivity contribution >= 4 is 41.7 Å². The summed E-state index contributed by atoms with van der Waals surface area (Å²) >= 11 is 0. The van der Waals surface area contributed by atoms with Gasteiger partial charge in [0.1, 0.15) is 5.76 Å². The molecular formula is C25H20O10. The third-order valence-corrected chi connectivity index (χ3v) is 4.26. The van der Waals surface area contributed by atoms with E-state index in [1.807, 2.05) is 0 Å². The molecule has 180 valence electrons. The molecule has 0 fully saturated rings. The zero-order valence-electron chi connectivity index (χ0n) is 19.2. The van der Waals surface area contributed by atoms with Gasteiger partial charge in [-0.1, -0.05) is 6.07 Å². The number of hydrogen-bond donors (Lipinski definition) is 0. The second kappa shape index (κ2) is 10.5. The predicted molar refractivity (Wildman–Crippen MR) is 120 cm³/mol. The van der Waals surface area contributed by atoms with E-state index in [0.29, 0.717) is 11.1 Å². The second-order valence-electron chi connectivity index (χ2n) is 7.24. The van der Waals surface area contributed by atoms with E-state index < -0.39 is 29.8 Å². The molecule has 0 aromatic heterocycles. The van der Waals surface area contributed by atoms with E-state index >= 15 is 0 Å². The highest BCUT2D eigenvalue weighted by Gasteiger charge is 2.24. The minimum atomic E-state index is -0.656. The van der Waals surface area contributed by atoms with Gasteiger partial charge in [0, 0.05) is 33.3 Å². The van der Waals surface area contributed by atoms with Crippen molar-refractivity contribution in [2.75, 3.05) is 0 Å². The molecular weight excluding hydrogens is 460 g/mol. The molecule has 0 N–H and O–H groups in total. The first-order chi connectivity index (χ1) is 16.5. The maximum atomic E-state index is 12.5. The van der Waals surface area contributed by atoms with Gasteiger partial charge in [-0.2, -0.15) is 0 Å². The van der Waals surface area contributed by atoms with Gasteiger partial charge in [-0.3, -0.25) is 19.2 Å². The summed E-state index contributed by atoms with van der Waals surface area (Å²) in [6.45, 7) is 4.80. The van der Waals surface area contributed by atoms with Crippen LogP contribution >= 0.6 is 0 Å². The molecule has 0 aliphatic carbocycles. The number of benzene rings is 2. The Labute approximate surface area is 199 Å². The average Bonchev–Trinajstić information content (AvgIpc) is 3.10. The van der Waals surface area contributed by atoms with Crippen molar-refractivity contribution in [1.29, 1.82) is 0 Å². The van der Waals surface area contributed by atoms with Crippen LogP contribution in [-0.2, 0) is 28.7 Å². The summed E-state index contributed by atoms with van der Waals surface area (Å²) in [6, 6.07) is 8.75. The van der Waals surface area contributed by atoms with E-state index in [9.17, 15) is 24.0 Å². The molecule has 1 aliphatic heterocycles. The molecule has 3 rings (SSSR count). The quantitative estimate of drug-likeness (QED) is 0.344. The lowest BCUT2D eigenvalue weighted by Crippen LogP contribution is -2.07. The highest BCUT2D eigenvalue weighted by atomic mass is 16.6. The molecule has 1 heterocycles. The van der Waals surface area contributed by atoms with Gasteiger partial charge in [0.25, 0.3) is 0 Å².